The van der Waals surface area contributed by atoms with Crippen LogP contribution in [0, 0.1) is 0 Å². The molecule has 1 fully saturated rings. The molecule has 1 saturated heterocycles. The lowest BCUT2D eigenvalue weighted by molar-refractivity contribution is 0.191. The highest BCUT2D eigenvalue weighted by molar-refractivity contribution is 7.92. The van der Waals surface area contributed by atoms with Gasteiger partial charge in [0.2, 0.25) is 5.88 Å². The van der Waals surface area contributed by atoms with E-state index in [0.717, 1.165) is 48.0 Å². The molecule has 3 aromatic carbocycles. The molecule has 0 bridgehead atoms. The summed E-state index contributed by atoms with van der Waals surface area (Å²) in [5.74, 6) is 0.306. The number of sulfonamides is 1. The lowest BCUT2D eigenvalue weighted by Crippen LogP contribution is -2.43. The van der Waals surface area contributed by atoms with Gasteiger partial charge in [-0.25, -0.2) is 13.2 Å². The van der Waals surface area contributed by atoms with Crippen molar-refractivity contribution in [1.29, 1.82) is 0 Å². The number of fused-ring (bicyclic) bond motifs is 1. The highest BCUT2D eigenvalue weighted by Gasteiger charge is 2.22. The van der Waals surface area contributed by atoms with Gasteiger partial charge in [0.05, 0.1) is 10.5 Å². The molecule has 9 heteroatoms. The Morgan fingerprint density at radius 1 is 0.949 bits per heavy atom. The molecule has 0 saturated carbocycles. The number of carbonyl (C=O) groups excluding carboxylic acids is 1. The Morgan fingerprint density at radius 2 is 1.64 bits per heavy atom. The Kier molecular flexibility index (Phi) is 7.38. The largest absolute Gasteiger partial charge is 0.414 e. The molecule has 0 spiro atoms. The van der Waals surface area contributed by atoms with E-state index < -0.39 is 16.1 Å². The quantitative estimate of drug-likeness (QED) is 0.245. The van der Waals surface area contributed by atoms with E-state index in [-0.39, 0.29) is 16.4 Å². The molecule has 4 aromatic rings. The monoisotopic (exact) mass is 546 g/mol. The second kappa shape index (κ2) is 10.7. The summed E-state index contributed by atoms with van der Waals surface area (Å²) < 4.78 is 34.9. The zero-order valence-electron chi connectivity index (χ0n) is 22.4. The maximum atomic E-state index is 13.2. The summed E-state index contributed by atoms with van der Waals surface area (Å²) in [5.41, 5.74) is 3.63. The third-order valence-electron chi connectivity index (χ3n) is 6.97. The van der Waals surface area contributed by atoms with E-state index in [4.69, 9.17) is 4.74 Å². The average Bonchev–Trinajstić information content (AvgIpc) is 3.26. The Balaban J connectivity index is 1.45. The number of aromatic nitrogens is 1. The first-order valence-corrected chi connectivity index (χ1v) is 14.6. The van der Waals surface area contributed by atoms with Crippen molar-refractivity contribution in [3.63, 3.8) is 0 Å². The summed E-state index contributed by atoms with van der Waals surface area (Å²) in [6.45, 7) is 7.96. The van der Waals surface area contributed by atoms with E-state index in [0.29, 0.717) is 17.1 Å². The fourth-order valence-electron chi connectivity index (χ4n) is 4.80. The molecule has 8 nitrogen and oxygen atoms in total. The molecular formula is C30H34N4O4S. The summed E-state index contributed by atoms with van der Waals surface area (Å²) in [6.07, 6.45) is 1.16. The van der Waals surface area contributed by atoms with Crippen molar-refractivity contribution in [3.8, 4) is 17.0 Å². The minimum Gasteiger partial charge on any atom is -0.393 e. The maximum absolute atomic E-state index is 13.2. The zero-order chi connectivity index (χ0) is 27.6. The standard InChI is InChI=1S/C30H34N4O4S/c1-30(2,3)21-9-12-24(13-10-21)39(36,37)34-23-11-14-26-25(19-23)27(20-7-5-4-6-8-20)28(33-26)38-29(35)32-22-15-17-31-18-16-22/h4-14,19,22,31,33-34H,15-18H2,1-3H3,(H,32,35). The van der Waals surface area contributed by atoms with Gasteiger partial charge in [-0.15, -0.1) is 0 Å². The number of anilines is 1. The minimum absolute atomic E-state index is 0.0572. The van der Waals surface area contributed by atoms with Crippen molar-refractivity contribution in [2.75, 3.05) is 17.8 Å². The second-order valence-corrected chi connectivity index (χ2v) is 12.6. The summed E-state index contributed by atoms with van der Waals surface area (Å²) in [4.78, 5) is 16.2. The fraction of sp³-hybridized carbons (Fsp3) is 0.300. The summed E-state index contributed by atoms with van der Waals surface area (Å²) in [6, 6.07) is 21.8. The van der Waals surface area contributed by atoms with Crippen LogP contribution in [0.15, 0.2) is 77.7 Å². The van der Waals surface area contributed by atoms with Crippen LogP contribution in [0.25, 0.3) is 22.0 Å². The average molecular weight is 547 g/mol. The van der Waals surface area contributed by atoms with E-state index in [2.05, 4.69) is 41.1 Å². The van der Waals surface area contributed by atoms with Crippen molar-refractivity contribution in [3.05, 3.63) is 78.4 Å². The molecule has 2 heterocycles. The van der Waals surface area contributed by atoms with Crippen molar-refractivity contribution in [2.24, 2.45) is 0 Å². The SMILES string of the molecule is CC(C)(C)c1ccc(S(=O)(=O)Nc2ccc3[nH]c(OC(=O)NC4CCNCC4)c(-c4ccccc4)c3c2)cc1. The highest BCUT2D eigenvalue weighted by atomic mass is 32.2. The summed E-state index contributed by atoms with van der Waals surface area (Å²) in [5, 5.41) is 6.96. The normalized spacial score (nSPS) is 14.7. The predicted octanol–water partition coefficient (Wildman–Crippen LogP) is 5.77. The first-order chi connectivity index (χ1) is 18.6. The van der Waals surface area contributed by atoms with Gasteiger partial charge in [0.15, 0.2) is 0 Å². The minimum atomic E-state index is -3.81. The molecule has 204 valence electrons. The van der Waals surface area contributed by atoms with E-state index in [1.807, 2.05) is 42.5 Å². The number of piperidine rings is 1. The molecule has 5 rings (SSSR count). The van der Waals surface area contributed by atoms with Gasteiger partial charge in [0.1, 0.15) is 0 Å². The van der Waals surface area contributed by atoms with Gasteiger partial charge in [-0.05, 0) is 72.8 Å². The van der Waals surface area contributed by atoms with Crippen LogP contribution in [0.4, 0.5) is 10.5 Å². The van der Waals surface area contributed by atoms with Gasteiger partial charge in [-0.3, -0.25) is 4.72 Å². The second-order valence-electron chi connectivity index (χ2n) is 10.9. The number of H-pyrrole nitrogens is 1. The van der Waals surface area contributed by atoms with Gasteiger partial charge in [0, 0.05) is 22.6 Å². The van der Waals surface area contributed by atoms with Gasteiger partial charge in [-0.2, -0.15) is 0 Å². The number of hydrogen-bond donors (Lipinski definition) is 4. The van der Waals surface area contributed by atoms with Gasteiger partial charge >= 0.3 is 6.09 Å². The molecule has 39 heavy (non-hydrogen) atoms. The molecule has 4 N–H and O–H groups in total. The number of amides is 1. The van der Waals surface area contributed by atoms with Crippen molar-refractivity contribution in [2.45, 2.75) is 50.0 Å². The Bertz CT molecular complexity index is 1570. The van der Waals surface area contributed by atoms with E-state index in [9.17, 15) is 13.2 Å². The molecule has 1 amide bonds. The van der Waals surface area contributed by atoms with E-state index >= 15 is 0 Å². The van der Waals surface area contributed by atoms with E-state index in [1.54, 1.807) is 30.3 Å². The number of rotatable bonds is 6. The third kappa shape index (κ3) is 6.10. The van der Waals surface area contributed by atoms with Gasteiger partial charge < -0.3 is 20.4 Å². The van der Waals surface area contributed by atoms with Gasteiger partial charge in [0.25, 0.3) is 10.0 Å². The van der Waals surface area contributed by atoms with Gasteiger partial charge in [-0.1, -0.05) is 63.2 Å². The fourth-order valence-corrected chi connectivity index (χ4v) is 5.85. The summed E-state index contributed by atoms with van der Waals surface area (Å²) in [7, 11) is -3.81. The summed E-state index contributed by atoms with van der Waals surface area (Å²) >= 11 is 0. The van der Waals surface area contributed by atoms with Crippen molar-refractivity contribution < 1.29 is 17.9 Å². The van der Waals surface area contributed by atoms with Crippen LogP contribution in [0.3, 0.4) is 0 Å². The number of benzene rings is 3. The van der Waals surface area contributed by atoms with Crippen molar-refractivity contribution in [1.82, 2.24) is 15.6 Å². The number of ether oxygens (including phenoxy) is 1. The van der Waals surface area contributed by atoms with Crippen LogP contribution < -0.4 is 20.1 Å². The predicted molar refractivity (Wildman–Crippen MR) is 155 cm³/mol. The van der Waals surface area contributed by atoms with Crippen LogP contribution >= 0.6 is 0 Å². The molecule has 1 aromatic heterocycles. The lowest BCUT2D eigenvalue weighted by Gasteiger charge is -2.23. The number of carbonyl (C=O) groups is 1. The van der Waals surface area contributed by atoms with E-state index in [1.165, 1.54) is 0 Å². The molecule has 1 aliphatic rings. The van der Waals surface area contributed by atoms with Crippen LogP contribution in [0.5, 0.6) is 5.88 Å². The molecular weight excluding hydrogens is 512 g/mol. The van der Waals surface area contributed by atoms with Crippen LogP contribution in [-0.4, -0.2) is 38.6 Å². The number of aromatic amines is 1. The molecule has 0 unspecified atom stereocenters. The molecule has 1 aliphatic heterocycles. The maximum Gasteiger partial charge on any atom is 0.414 e. The first kappa shape index (κ1) is 26.8. The van der Waals surface area contributed by atoms with Crippen LogP contribution in [-0.2, 0) is 15.4 Å². The van der Waals surface area contributed by atoms with Crippen molar-refractivity contribution >= 4 is 32.7 Å². The number of hydrogen-bond acceptors (Lipinski definition) is 5. The number of nitrogens with one attached hydrogen (secondary N) is 4. The smallest absolute Gasteiger partial charge is 0.393 e. The molecule has 0 radical (unpaired) electrons. The molecule has 0 atom stereocenters. The molecule has 0 aliphatic carbocycles. The Labute approximate surface area is 229 Å². The van der Waals surface area contributed by atoms with Crippen LogP contribution in [0.2, 0.25) is 0 Å². The third-order valence-corrected chi connectivity index (χ3v) is 8.36. The zero-order valence-corrected chi connectivity index (χ0v) is 23.2. The Hall–Kier alpha value is -3.82. The lowest BCUT2D eigenvalue weighted by atomic mass is 9.87. The highest BCUT2D eigenvalue weighted by Crippen LogP contribution is 2.39. The first-order valence-electron chi connectivity index (χ1n) is 13.1. The van der Waals surface area contributed by atoms with Crippen LogP contribution in [0.1, 0.15) is 39.2 Å². The topological polar surface area (TPSA) is 112 Å². The Morgan fingerprint density at radius 3 is 2.31 bits per heavy atom.